The molecule has 5 heteroatoms. The molecule has 2 N–H and O–H groups in total. The standard InChI is InChI=1S/C15H17N3O2/c1-3-10-5-6-11-8-18(17-13(11)7-10)9-12(16)15(20)14(19)4-2/h5-9H,3-4,16H2,1-2H3/b12-9-. The third-order valence-electron chi connectivity index (χ3n) is 3.11. The van der Waals surface area contributed by atoms with Crippen molar-refractivity contribution >= 4 is 28.7 Å². The fourth-order valence-corrected chi connectivity index (χ4v) is 1.89. The number of benzene rings is 1. The van der Waals surface area contributed by atoms with Crippen molar-refractivity contribution in [1.82, 2.24) is 9.78 Å². The number of rotatable bonds is 5. The van der Waals surface area contributed by atoms with Crippen molar-refractivity contribution in [3.05, 3.63) is 35.7 Å². The number of Topliss-reactive ketones (excluding diaryl/α,β-unsaturated/α-hetero) is 2. The Kier molecular flexibility index (Phi) is 3.98. The second-order valence-electron chi connectivity index (χ2n) is 4.55. The van der Waals surface area contributed by atoms with Gasteiger partial charge in [0.05, 0.1) is 11.7 Å². The Morgan fingerprint density at radius 3 is 2.75 bits per heavy atom. The Hall–Kier alpha value is -2.43. The summed E-state index contributed by atoms with van der Waals surface area (Å²) in [7, 11) is 0. The zero-order valence-electron chi connectivity index (χ0n) is 11.6. The van der Waals surface area contributed by atoms with Crippen LogP contribution in [-0.4, -0.2) is 21.3 Å². The lowest BCUT2D eigenvalue weighted by Gasteiger charge is -1.98. The van der Waals surface area contributed by atoms with E-state index in [-0.39, 0.29) is 12.1 Å². The maximum absolute atomic E-state index is 11.6. The Morgan fingerprint density at radius 1 is 1.35 bits per heavy atom. The van der Waals surface area contributed by atoms with Gasteiger partial charge in [0.25, 0.3) is 0 Å². The van der Waals surface area contributed by atoms with Crippen molar-refractivity contribution in [2.75, 3.05) is 0 Å². The lowest BCUT2D eigenvalue weighted by atomic mass is 10.1. The Balaban J connectivity index is 2.34. The fourth-order valence-electron chi connectivity index (χ4n) is 1.89. The van der Waals surface area contributed by atoms with Crippen LogP contribution in [0.3, 0.4) is 0 Å². The summed E-state index contributed by atoms with van der Waals surface area (Å²) in [6.07, 6.45) is 4.23. The van der Waals surface area contributed by atoms with Crippen LogP contribution in [0.15, 0.2) is 30.1 Å². The number of hydrogen-bond donors (Lipinski definition) is 1. The third-order valence-corrected chi connectivity index (χ3v) is 3.11. The van der Waals surface area contributed by atoms with Crippen LogP contribution in [0.5, 0.6) is 0 Å². The van der Waals surface area contributed by atoms with Gasteiger partial charge in [-0.05, 0) is 18.1 Å². The number of nitrogens with zero attached hydrogens (tertiary/aromatic N) is 2. The first-order valence-electron chi connectivity index (χ1n) is 6.57. The molecular formula is C15H17N3O2. The van der Waals surface area contributed by atoms with Gasteiger partial charge in [-0.1, -0.05) is 26.0 Å². The quantitative estimate of drug-likeness (QED) is 0.665. The second kappa shape index (κ2) is 5.69. The monoisotopic (exact) mass is 271 g/mol. The maximum atomic E-state index is 11.6. The van der Waals surface area contributed by atoms with Crippen LogP contribution in [0.1, 0.15) is 25.8 Å². The molecule has 0 spiro atoms. The van der Waals surface area contributed by atoms with Gasteiger partial charge in [-0.25, -0.2) is 4.68 Å². The number of hydrogen-bond acceptors (Lipinski definition) is 4. The smallest absolute Gasteiger partial charge is 0.245 e. The molecule has 0 bridgehead atoms. The molecule has 0 saturated carbocycles. The van der Waals surface area contributed by atoms with Crippen LogP contribution in [0, 0.1) is 0 Å². The molecule has 2 aromatic rings. The molecule has 104 valence electrons. The van der Waals surface area contributed by atoms with Crippen LogP contribution in [-0.2, 0) is 16.0 Å². The predicted octanol–water partition coefficient (Wildman–Crippen LogP) is 1.90. The van der Waals surface area contributed by atoms with Crippen molar-refractivity contribution in [1.29, 1.82) is 0 Å². The highest BCUT2D eigenvalue weighted by Gasteiger charge is 2.14. The van der Waals surface area contributed by atoms with E-state index in [1.54, 1.807) is 13.1 Å². The third kappa shape index (κ3) is 2.77. The summed E-state index contributed by atoms with van der Waals surface area (Å²) in [5.41, 5.74) is 7.56. The number of allylic oxidation sites excluding steroid dienone is 1. The number of carbonyl (C=O) groups excluding carboxylic acids is 2. The highest BCUT2D eigenvalue weighted by atomic mass is 16.2. The van der Waals surface area contributed by atoms with E-state index < -0.39 is 11.6 Å². The lowest BCUT2D eigenvalue weighted by molar-refractivity contribution is -0.134. The van der Waals surface area contributed by atoms with Gasteiger partial charge in [-0.15, -0.1) is 0 Å². The predicted molar refractivity (Wildman–Crippen MR) is 77.9 cm³/mol. The summed E-state index contributed by atoms with van der Waals surface area (Å²) in [5, 5.41) is 5.28. The molecule has 2 rings (SSSR count). The van der Waals surface area contributed by atoms with E-state index in [4.69, 9.17) is 5.73 Å². The van der Waals surface area contributed by atoms with Crippen molar-refractivity contribution in [2.24, 2.45) is 5.73 Å². The van der Waals surface area contributed by atoms with Crippen LogP contribution in [0.25, 0.3) is 17.1 Å². The summed E-state index contributed by atoms with van der Waals surface area (Å²) in [5.74, 6) is -1.16. The Bertz CT molecular complexity index is 698. The number of fused-ring (bicyclic) bond motifs is 1. The van der Waals surface area contributed by atoms with Gasteiger partial charge in [0.15, 0.2) is 0 Å². The summed E-state index contributed by atoms with van der Waals surface area (Å²) in [6.45, 7) is 3.70. The first-order chi connectivity index (χ1) is 9.55. The summed E-state index contributed by atoms with van der Waals surface area (Å²) >= 11 is 0. The zero-order valence-corrected chi connectivity index (χ0v) is 11.6. The molecule has 0 atom stereocenters. The van der Waals surface area contributed by atoms with Gasteiger partial charge in [0, 0.05) is 18.0 Å². The molecule has 0 aliphatic rings. The minimum Gasteiger partial charge on any atom is -0.394 e. The van der Waals surface area contributed by atoms with Gasteiger partial charge in [0.2, 0.25) is 11.6 Å². The van der Waals surface area contributed by atoms with Crippen LogP contribution >= 0.6 is 0 Å². The fraction of sp³-hybridized carbons (Fsp3) is 0.267. The van der Waals surface area contributed by atoms with E-state index in [9.17, 15) is 9.59 Å². The summed E-state index contributed by atoms with van der Waals surface area (Å²) < 4.78 is 1.47. The Labute approximate surface area is 117 Å². The number of aromatic nitrogens is 2. The lowest BCUT2D eigenvalue weighted by Crippen LogP contribution is -2.21. The van der Waals surface area contributed by atoms with Crippen LogP contribution in [0.4, 0.5) is 0 Å². The van der Waals surface area contributed by atoms with E-state index in [1.165, 1.54) is 16.4 Å². The molecule has 0 radical (unpaired) electrons. The minimum absolute atomic E-state index is 0.0969. The van der Waals surface area contributed by atoms with Crippen LogP contribution in [0.2, 0.25) is 0 Å². The van der Waals surface area contributed by atoms with Crippen molar-refractivity contribution < 1.29 is 9.59 Å². The molecule has 1 aromatic carbocycles. The van der Waals surface area contributed by atoms with Crippen molar-refractivity contribution in [2.45, 2.75) is 26.7 Å². The van der Waals surface area contributed by atoms with Gasteiger partial charge in [-0.3, -0.25) is 9.59 Å². The van der Waals surface area contributed by atoms with Gasteiger partial charge in [-0.2, -0.15) is 5.10 Å². The van der Waals surface area contributed by atoms with Crippen molar-refractivity contribution in [3.63, 3.8) is 0 Å². The van der Waals surface area contributed by atoms with E-state index in [1.807, 2.05) is 18.2 Å². The first-order valence-corrected chi connectivity index (χ1v) is 6.57. The molecule has 0 amide bonds. The molecule has 0 aliphatic carbocycles. The first kappa shape index (κ1) is 14.0. The molecule has 0 unspecified atom stereocenters. The molecule has 0 aliphatic heterocycles. The van der Waals surface area contributed by atoms with Crippen LogP contribution < -0.4 is 5.73 Å². The SMILES string of the molecule is CCC(=O)C(=O)/C(N)=C/n1cc2ccc(CC)cc2n1. The minimum atomic E-state index is -0.665. The average molecular weight is 271 g/mol. The molecular weight excluding hydrogens is 254 g/mol. The second-order valence-corrected chi connectivity index (χ2v) is 4.55. The van der Waals surface area contributed by atoms with E-state index in [0.29, 0.717) is 0 Å². The zero-order chi connectivity index (χ0) is 14.7. The number of aryl methyl sites for hydroxylation is 1. The normalized spacial score (nSPS) is 11.8. The molecule has 1 aromatic heterocycles. The van der Waals surface area contributed by atoms with Gasteiger partial charge in [0.1, 0.15) is 5.70 Å². The maximum Gasteiger partial charge on any atom is 0.245 e. The number of ketones is 2. The largest absolute Gasteiger partial charge is 0.394 e. The van der Waals surface area contributed by atoms with Crippen molar-refractivity contribution in [3.8, 4) is 0 Å². The van der Waals surface area contributed by atoms with Gasteiger partial charge < -0.3 is 5.73 Å². The van der Waals surface area contributed by atoms with Gasteiger partial charge >= 0.3 is 0 Å². The topological polar surface area (TPSA) is 78.0 Å². The molecule has 0 saturated heterocycles. The summed E-state index contributed by atoms with van der Waals surface area (Å²) in [6, 6.07) is 6.00. The van der Waals surface area contributed by atoms with E-state index >= 15 is 0 Å². The highest BCUT2D eigenvalue weighted by Crippen LogP contribution is 2.15. The molecule has 5 nitrogen and oxygen atoms in total. The summed E-state index contributed by atoms with van der Waals surface area (Å²) in [4.78, 5) is 22.9. The highest BCUT2D eigenvalue weighted by molar-refractivity contribution is 6.43. The molecule has 20 heavy (non-hydrogen) atoms. The number of nitrogens with two attached hydrogens (primary N) is 1. The molecule has 0 fully saturated rings. The van der Waals surface area contributed by atoms with E-state index in [0.717, 1.165) is 17.3 Å². The van der Waals surface area contributed by atoms with E-state index in [2.05, 4.69) is 12.0 Å². The molecule has 1 heterocycles. The average Bonchev–Trinajstić information content (AvgIpc) is 2.86. The number of carbonyl (C=O) groups is 2. The Morgan fingerprint density at radius 2 is 2.10 bits per heavy atom.